The first-order valence-electron chi connectivity index (χ1n) is 8.08. The molecule has 3 aromatic carbocycles. The average Bonchev–Trinajstić information content (AvgIpc) is 2.65. The van der Waals surface area contributed by atoms with Crippen LogP contribution >= 0.6 is 0 Å². The molecule has 25 heavy (non-hydrogen) atoms. The standard InChI is InChI=1S/C21H16N2O2/c24-20-14-23(19-11-4-3-10-18(19)22-20)21(25)13-12-16-8-5-7-15-6-1-2-9-17(15)16/h1-13H,14H2,(H,22,24)/b13-12+. The van der Waals surface area contributed by atoms with Crippen LogP contribution in [0.3, 0.4) is 0 Å². The van der Waals surface area contributed by atoms with Crippen LogP contribution in [0.25, 0.3) is 16.8 Å². The van der Waals surface area contributed by atoms with Crippen LogP contribution in [0.5, 0.6) is 0 Å². The highest BCUT2D eigenvalue weighted by Crippen LogP contribution is 2.29. The summed E-state index contributed by atoms with van der Waals surface area (Å²) >= 11 is 0. The Kier molecular flexibility index (Phi) is 3.78. The highest BCUT2D eigenvalue weighted by molar-refractivity contribution is 6.14. The van der Waals surface area contributed by atoms with Gasteiger partial charge < -0.3 is 5.32 Å². The molecule has 122 valence electrons. The molecule has 4 nitrogen and oxygen atoms in total. The fraction of sp³-hybridized carbons (Fsp3) is 0.0476. The van der Waals surface area contributed by atoms with E-state index < -0.39 is 0 Å². The van der Waals surface area contributed by atoms with E-state index in [-0.39, 0.29) is 18.4 Å². The van der Waals surface area contributed by atoms with E-state index in [4.69, 9.17) is 0 Å². The number of fused-ring (bicyclic) bond motifs is 2. The molecule has 2 amide bonds. The molecule has 0 atom stereocenters. The molecule has 0 radical (unpaired) electrons. The van der Waals surface area contributed by atoms with E-state index in [1.165, 1.54) is 11.0 Å². The Hall–Kier alpha value is -3.40. The zero-order valence-corrected chi connectivity index (χ0v) is 13.5. The summed E-state index contributed by atoms with van der Waals surface area (Å²) in [6.07, 6.45) is 3.33. The number of carbonyl (C=O) groups is 2. The molecule has 0 aromatic heterocycles. The van der Waals surface area contributed by atoms with E-state index in [1.54, 1.807) is 12.1 Å². The minimum absolute atomic E-state index is 0.0235. The summed E-state index contributed by atoms with van der Waals surface area (Å²) in [5, 5.41) is 5.00. The van der Waals surface area contributed by atoms with Crippen molar-refractivity contribution in [2.24, 2.45) is 0 Å². The molecule has 4 heteroatoms. The number of amides is 2. The Labute approximate surface area is 145 Å². The van der Waals surface area contributed by atoms with Crippen molar-refractivity contribution >= 4 is 40.0 Å². The molecule has 1 aliphatic heterocycles. The third-order valence-electron chi connectivity index (χ3n) is 4.27. The smallest absolute Gasteiger partial charge is 0.251 e. The molecule has 0 fully saturated rings. The van der Waals surface area contributed by atoms with Crippen molar-refractivity contribution in [2.75, 3.05) is 16.8 Å². The molecule has 1 heterocycles. The molecule has 0 aliphatic carbocycles. The largest absolute Gasteiger partial charge is 0.323 e. The number of hydrogen-bond acceptors (Lipinski definition) is 2. The summed E-state index contributed by atoms with van der Waals surface area (Å²) in [5.74, 6) is -0.402. The van der Waals surface area contributed by atoms with Gasteiger partial charge in [0.25, 0.3) is 5.91 Å². The summed E-state index contributed by atoms with van der Waals surface area (Å²) < 4.78 is 0. The Morgan fingerprint density at radius 3 is 2.64 bits per heavy atom. The Morgan fingerprint density at radius 2 is 1.72 bits per heavy atom. The first-order valence-corrected chi connectivity index (χ1v) is 8.08. The van der Waals surface area contributed by atoms with Crippen LogP contribution in [0.4, 0.5) is 11.4 Å². The van der Waals surface area contributed by atoms with E-state index in [1.807, 2.05) is 60.7 Å². The summed E-state index contributed by atoms with van der Waals surface area (Å²) in [4.78, 5) is 26.0. The van der Waals surface area contributed by atoms with Gasteiger partial charge in [0.2, 0.25) is 5.91 Å². The van der Waals surface area contributed by atoms with Crippen LogP contribution in [0.2, 0.25) is 0 Å². The molecule has 0 saturated carbocycles. The van der Waals surface area contributed by atoms with Gasteiger partial charge in [-0.05, 0) is 34.5 Å². The zero-order valence-electron chi connectivity index (χ0n) is 13.5. The maximum Gasteiger partial charge on any atom is 0.251 e. The van der Waals surface area contributed by atoms with Gasteiger partial charge in [0.15, 0.2) is 0 Å². The number of nitrogens with zero attached hydrogens (tertiary/aromatic N) is 1. The van der Waals surface area contributed by atoms with Gasteiger partial charge in [0, 0.05) is 6.08 Å². The second kappa shape index (κ2) is 6.24. The fourth-order valence-electron chi connectivity index (χ4n) is 3.08. The Balaban J connectivity index is 1.66. The van der Waals surface area contributed by atoms with Crippen LogP contribution in [0, 0.1) is 0 Å². The molecule has 4 rings (SSSR count). The molecular weight excluding hydrogens is 312 g/mol. The van der Waals surface area contributed by atoms with Gasteiger partial charge in [-0.3, -0.25) is 14.5 Å². The Bertz CT molecular complexity index is 1000. The maximum atomic E-state index is 12.7. The predicted octanol–water partition coefficient (Wildman–Crippen LogP) is 3.84. The van der Waals surface area contributed by atoms with Crippen molar-refractivity contribution in [1.29, 1.82) is 0 Å². The summed E-state index contributed by atoms with van der Waals surface area (Å²) in [6.45, 7) is 0.0235. The van der Waals surface area contributed by atoms with Crippen LogP contribution in [-0.4, -0.2) is 18.4 Å². The van der Waals surface area contributed by atoms with Crippen molar-refractivity contribution in [3.05, 3.63) is 78.4 Å². The third-order valence-corrected chi connectivity index (χ3v) is 4.27. The molecule has 1 N–H and O–H groups in total. The fourth-order valence-corrected chi connectivity index (χ4v) is 3.08. The number of para-hydroxylation sites is 2. The maximum absolute atomic E-state index is 12.7. The summed E-state index contributed by atoms with van der Waals surface area (Å²) in [7, 11) is 0. The van der Waals surface area contributed by atoms with E-state index >= 15 is 0 Å². The monoisotopic (exact) mass is 328 g/mol. The summed E-state index contributed by atoms with van der Waals surface area (Å²) in [5.41, 5.74) is 2.35. The Morgan fingerprint density at radius 1 is 0.960 bits per heavy atom. The molecular formula is C21H16N2O2. The number of hydrogen-bond donors (Lipinski definition) is 1. The second-order valence-corrected chi connectivity index (χ2v) is 5.89. The van der Waals surface area contributed by atoms with Crippen molar-refractivity contribution in [3.8, 4) is 0 Å². The normalized spacial score (nSPS) is 13.8. The molecule has 0 bridgehead atoms. The van der Waals surface area contributed by atoms with Crippen LogP contribution in [0.15, 0.2) is 72.8 Å². The molecule has 1 aliphatic rings. The number of anilines is 2. The van der Waals surface area contributed by atoms with E-state index in [0.29, 0.717) is 5.69 Å². The lowest BCUT2D eigenvalue weighted by molar-refractivity contribution is -0.119. The first-order chi connectivity index (χ1) is 12.2. The molecule has 0 spiro atoms. The van der Waals surface area contributed by atoms with Crippen molar-refractivity contribution in [1.82, 2.24) is 0 Å². The topological polar surface area (TPSA) is 49.4 Å². The lowest BCUT2D eigenvalue weighted by Crippen LogP contribution is -2.41. The lowest BCUT2D eigenvalue weighted by atomic mass is 10.0. The molecule has 0 unspecified atom stereocenters. The molecule has 0 saturated heterocycles. The van der Waals surface area contributed by atoms with Crippen molar-refractivity contribution < 1.29 is 9.59 Å². The van der Waals surface area contributed by atoms with Crippen LogP contribution < -0.4 is 10.2 Å². The second-order valence-electron chi connectivity index (χ2n) is 5.89. The average molecular weight is 328 g/mol. The van der Waals surface area contributed by atoms with Gasteiger partial charge in [-0.25, -0.2) is 0 Å². The summed E-state index contributed by atoms with van der Waals surface area (Å²) in [6, 6.07) is 21.3. The third kappa shape index (κ3) is 2.90. The van der Waals surface area contributed by atoms with Gasteiger partial charge in [0.05, 0.1) is 11.4 Å². The van der Waals surface area contributed by atoms with E-state index in [9.17, 15) is 9.59 Å². The van der Waals surface area contributed by atoms with E-state index in [2.05, 4.69) is 5.32 Å². The van der Waals surface area contributed by atoms with Gasteiger partial charge in [-0.1, -0.05) is 54.6 Å². The highest BCUT2D eigenvalue weighted by atomic mass is 16.2. The number of carbonyl (C=O) groups excluding carboxylic acids is 2. The van der Waals surface area contributed by atoms with Crippen LogP contribution in [-0.2, 0) is 9.59 Å². The van der Waals surface area contributed by atoms with Gasteiger partial charge >= 0.3 is 0 Å². The zero-order chi connectivity index (χ0) is 17.2. The lowest BCUT2D eigenvalue weighted by Gasteiger charge is -2.28. The minimum Gasteiger partial charge on any atom is -0.323 e. The highest BCUT2D eigenvalue weighted by Gasteiger charge is 2.25. The van der Waals surface area contributed by atoms with Crippen molar-refractivity contribution in [2.45, 2.75) is 0 Å². The van der Waals surface area contributed by atoms with Gasteiger partial charge in [-0.15, -0.1) is 0 Å². The number of nitrogens with one attached hydrogen (secondary N) is 1. The van der Waals surface area contributed by atoms with Gasteiger partial charge in [0.1, 0.15) is 6.54 Å². The van der Waals surface area contributed by atoms with Crippen molar-refractivity contribution in [3.63, 3.8) is 0 Å². The predicted molar refractivity (Wildman–Crippen MR) is 100 cm³/mol. The van der Waals surface area contributed by atoms with E-state index in [0.717, 1.165) is 22.0 Å². The van der Waals surface area contributed by atoms with Crippen LogP contribution in [0.1, 0.15) is 5.56 Å². The SMILES string of the molecule is O=C1CN(C(=O)/C=C/c2cccc3ccccc23)c2ccccc2N1. The first kappa shape index (κ1) is 15.1. The number of benzene rings is 3. The van der Waals surface area contributed by atoms with Gasteiger partial charge in [-0.2, -0.15) is 0 Å². The minimum atomic E-state index is -0.213. The quantitative estimate of drug-likeness (QED) is 0.727. The molecule has 3 aromatic rings. The number of rotatable bonds is 2.